The third-order valence-electron chi connectivity index (χ3n) is 9.57. The molecule has 3 heterocycles. The number of rotatable bonds is 9. The zero-order valence-corrected chi connectivity index (χ0v) is 25.0. The number of carbonyl (C=O) groups is 2. The van der Waals surface area contributed by atoms with Crippen LogP contribution in [0.5, 0.6) is 0 Å². The van der Waals surface area contributed by atoms with Crippen LogP contribution in [0.4, 0.5) is 17.6 Å². The molecule has 3 aromatic rings. The summed E-state index contributed by atoms with van der Waals surface area (Å²) in [6, 6.07) is 8.39. The van der Waals surface area contributed by atoms with Gasteiger partial charge in [-0.05, 0) is 66.8 Å². The van der Waals surface area contributed by atoms with Crippen LogP contribution < -0.4 is 0 Å². The van der Waals surface area contributed by atoms with Gasteiger partial charge in [0.25, 0.3) is 5.91 Å². The van der Waals surface area contributed by atoms with Gasteiger partial charge in [-0.3, -0.25) is 9.48 Å². The topological polar surface area (TPSA) is 87.9 Å². The number of aromatic carboxylic acids is 1. The number of carboxylic acid groups (broad SMARTS) is 1. The van der Waals surface area contributed by atoms with Crippen LogP contribution in [-0.2, 0) is 17.9 Å². The summed E-state index contributed by atoms with van der Waals surface area (Å²) in [6.45, 7) is 2.99. The number of alkyl halides is 2. The minimum absolute atomic E-state index is 0.0335. The normalized spacial score (nSPS) is 21.3. The first-order valence-electron chi connectivity index (χ1n) is 15.2. The maximum absolute atomic E-state index is 14.7. The van der Waals surface area contributed by atoms with Gasteiger partial charge in [0, 0.05) is 56.6 Å². The molecule has 2 aliphatic heterocycles. The van der Waals surface area contributed by atoms with Gasteiger partial charge >= 0.3 is 5.97 Å². The summed E-state index contributed by atoms with van der Waals surface area (Å²) in [5.74, 6) is -5.63. The molecule has 1 unspecified atom stereocenters. The van der Waals surface area contributed by atoms with E-state index in [4.69, 9.17) is 4.74 Å². The Morgan fingerprint density at radius 3 is 2.42 bits per heavy atom. The van der Waals surface area contributed by atoms with Crippen molar-refractivity contribution in [1.82, 2.24) is 19.6 Å². The van der Waals surface area contributed by atoms with Crippen LogP contribution in [-0.4, -0.2) is 82.3 Å². The van der Waals surface area contributed by atoms with Gasteiger partial charge in [0.2, 0.25) is 5.92 Å². The average molecular weight is 629 g/mol. The molecule has 2 aromatic carbocycles. The van der Waals surface area contributed by atoms with Crippen molar-refractivity contribution in [2.24, 2.45) is 11.3 Å². The molecule has 3 aliphatic rings. The Kier molecular flexibility index (Phi) is 8.47. The Bertz CT molecular complexity index is 1560. The van der Waals surface area contributed by atoms with Gasteiger partial charge in [-0.25, -0.2) is 22.4 Å². The molecule has 1 spiro atoms. The number of amides is 1. The lowest BCUT2D eigenvalue weighted by atomic mass is 9.72. The van der Waals surface area contributed by atoms with Crippen LogP contribution in [0.25, 0.3) is 0 Å². The van der Waals surface area contributed by atoms with Crippen molar-refractivity contribution in [1.29, 1.82) is 0 Å². The fraction of sp³-hybridized carbons (Fsp3) is 0.485. The van der Waals surface area contributed by atoms with Gasteiger partial charge in [-0.15, -0.1) is 0 Å². The van der Waals surface area contributed by atoms with Gasteiger partial charge < -0.3 is 19.6 Å². The van der Waals surface area contributed by atoms with E-state index in [-0.39, 0.29) is 78.6 Å². The van der Waals surface area contributed by atoms with E-state index in [2.05, 4.69) is 10.00 Å². The number of halogens is 4. The number of likely N-dealkylation sites (tertiary alicyclic amines) is 2. The summed E-state index contributed by atoms with van der Waals surface area (Å²) < 4.78 is 63.2. The van der Waals surface area contributed by atoms with Crippen molar-refractivity contribution in [3.63, 3.8) is 0 Å². The highest BCUT2D eigenvalue weighted by molar-refractivity contribution is 5.94. The molecular weight excluding hydrogens is 592 g/mol. The van der Waals surface area contributed by atoms with E-state index in [1.54, 1.807) is 27.9 Å². The lowest BCUT2D eigenvalue weighted by molar-refractivity contribution is -0.0386. The van der Waals surface area contributed by atoms with Crippen LogP contribution in [0.2, 0.25) is 0 Å². The number of benzene rings is 2. The van der Waals surface area contributed by atoms with E-state index < -0.39 is 23.6 Å². The lowest BCUT2D eigenvalue weighted by Gasteiger charge is -2.49. The zero-order chi connectivity index (χ0) is 31.9. The molecule has 8 nitrogen and oxygen atoms in total. The molecule has 0 bridgehead atoms. The quantitative estimate of drug-likeness (QED) is 0.319. The van der Waals surface area contributed by atoms with Crippen LogP contribution in [0.3, 0.4) is 0 Å². The minimum Gasteiger partial charge on any atom is -0.478 e. The summed E-state index contributed by atoms with van der Waals surface area (Å²) in [5, 5.41) is 14.4. The first-order valence-corrected chi connectivity index (χ1v) is 15.2. The van der Waals surface area contributed by atoms with Gasteiger partial charge in [-0.2, -0.15) is 5.10 Å². The standard InChI is InChI=1S/C33H36F4N4O4/c1-39-18-32(19-39)20-40(30(42)24-12-38-41(14-24)13-21-2-4-26(34)5-3-21)15-25(32)17-45-16-23-10-27(35)11-28(29(23)31(43)44)22-6-8-33(36,37)9-7-22/h2-5,10-12,14,22,25H,6-9,13,15-20H2,1H3,(H,43,44). The minimum atomic E-state index is -2.79. The number of hydrogen-bond acceptors (Lipinski definition) is 5. The summed E-state index contributed by atoms with van der Waals surface area (Å²) in [7, 11) is 2.00. The Balaban J connectivity index is 1.12. The Morgan fingerprint density at radius 1 is 1.04 bits per heavy atom. The largest absolute Gasteiger partial charge is 0.478 e. The molecule has 3 fully saturated rings. The number of aromatic nitrogens is 2. The van der Waals surface area contributed by atoms with Crippen LogP contribution in [0.15, 0.2) is 48.8 Å². The smallest absolute Gasteiger partial charge is 0.336 e. The van der Waals surface area contributed by atoms with Crippen molar-refractivity contribution in [2.45, 2.75) is 50.7 Å². The van der Waals surface area contributed by atoms with Gasteiger partial charge in [0.1, 0.15) is 11.6 Å². The molecule has 240 valence electrons. The van der Waals surface area contributed by atoms with E-state index in [9.17, 15) is 32.3 Å². The van der Waals surface area contributed by atoms with Crippen molar-refractivity contribution in [3.8, 4) is 0 Å². The highest BCUT2D eigenvalue weighted by Gasteiger charge is 2.54. The van der Waals surface area contributed by atoms with Crippen molar-refractivity contribution < 1.29 is 37.0 Å². The van der Waals surface area contributed by atoms with Gasteiger partial charge in [-0.1, -0.05) is 12.1 Å². The summed E-state index contributed by atoms with van der Waals surface area (Å²) in [6.07, 6.45) is 2.66. The van der Waals surface area contributed by atoms with Crippen molar-refractivity contribution in [3.05, 3.63) is 88.2 Å². The second kappa shape index (κ2) is 12.2. The predicted octanol–water partition coefficient (Wildman–Crippen LogP) is 5.42. The van der Waals surface area contributed by atoms with Crippen LogP contribution in [0, 0.1) is 23.0 Å². The molecule has 1 amide bonds. The van der Waals surface area contributed by atoms with Crippen molar-refractivity contribution in [2.75, 3.05) is 39.8 Å². The Morgan fingerprint density at radius 2 is 1.76 bits per heavy atom. The van der Waals surface area contributed by atoms with Gasteiger partial charge in [0.05, 0.1) is 37.1 Å². The molecule has 1 aliphatic carbocycles. The van der Waals surface area contributed by atoms with Crippen LogP contribution in [0.1, 0.15) is 69.0 Å². The van der Waals surface area contributed by atoms with Crippen LogP contribution >= 0.6 is 0 Å². The average Bonchev–Trinajstić information content (AvgIpc) is 3.59. The summed E-state index contributed by atoms with van der Waals surface area (Å²) in [4.78, 5) is 29.8. The molecule has 45 heavy (non-hydrogen) atoms. The first kappa shape index (κ1) is 31.2. The molecule has 6 rings (SSSR count). The number of nitrogens with zero attached hydrogens (tertiary/aromatic N) is 4. The fourth-order valence-corrected chi connectivity index (χ4v) is 7.37. The van der Waals surface area contributed by atoms with E-state index in [1.165, 1.54) is 18.3 Å². The molecule has 0 radical (unpaired) electrons. The maximum Gasteiger partial charge on any atom is 0.336 e. The second-order valence-electron chi connectivity index (χ2n) is 12.9. The first-order chi connectivity index (χ1) is 21.4. The highest BCUT2D eigenvalue weighted by Crippen LogP contribution is 2.45. The molecule has 1 N–H and O–H groups in total. The van der Waals surface area contributed by atoms with E-state index in [1.807, 2.05) is 7.05 Å². The van der Waals surface area contributed by atoms with E-state index in [0.717, 1.165) is 30.8 Å². The summed E-state index contributed by atoms with van der Waals surface area (Å²) >= 11 is 0. The molecule has 2 saturated heterocycles. The summed E-state index contributed by atoms with van der Waals surface area (Å²) in [5.41, 5.74) is 1.45. The molecule has 1 saturated carbocycles. The highest BCUT2D eigenvalue weighted by atomic mass is 19.3. The SMILES string of the molecule is CN1CC2(C1)CN(C(=O)c1cnn(Cc3ccc(F)cc3)c1)CC2COCc1cc(F)cc(C2CCC(F)(F)CC2)c1C(=O)O. The number of carboxylic acids is 1. The van der Waals surface area contributed by atoms with Crippen molar-refractivity contribution >= 4 is 11.9 Å². The fourth-order valence-electron chi connectivity index (χ4n) is 7.37. The van der Waals surface area contributed by atoms with Gasteiger partial charge in [0.15, 0.2) is 0 Å². The molecule has 1 aromatic heterocycles. The van der Waals surface area contributed by atoms with E-state index >= 15 is 0 Å². The zero-order valence-electron chi connectivity index (χ0n) is 25.0. The lowest BCUT2D eigenvalue weighted by Crippen LogP contribution is -2.59. The second-order valence-corrected chi connectivity index (χ2v) is 12.9. The Labute approximate surface area is 258 Å². The number of ether oxygens (including phenoxy) is 1. The molecular formula is C33H36F4N4O4. The third kappa shape index (κ3) is 6.62. The predicted molar refractivity (Wildman–Crippen MR) is 156 cm³/mol. The number of hydrogen-bond donors (Lipinski definition) is 1. The Hall–Kier alpha value is -3.77. The molecule has 1 atom stereocenters. The number of carbonyl (C=O) groups excluding carboxylic acids is 1. The third-order valence-corrected chi connectivity index (χ3v) is 9.57. The maximum atomic E-state index is 14.7. The monoisotopic (exact) mass is 628 g/mol. The van der Waals surface area contributed by atoms with E-state index in [0.29, 0.717) is 25.2 Å². The molecule has 12 heteroatoms.